The quantitative estimate of drug-likeness (QED) is 0.239. The molecule has 2 aliphatic rings. The number of carbonyl (C=O) groups excluding carboxylic acids is 1. The Balaban J connectivity index is 1.53. The summed E-state index contributed by atoms with van der Waals surface area (Å²) in [5.74, 6) is -2.59. The van der Waals surface area contributed by atoms with E-state index in [-0.39, 0.29) is 10.9 Å². The molecule has 13 heteroatoms. The summed E-state index contributed by atoms with van der Waals surface area (Å²) in [7, 11) is -2.22. The van der Waals surface area contributed by atoms with Crippen LogP contribution in [0.2, 0.25) is 0 Å². The van der Waals surface area contributed by atoms with Crippen molar-refractivity contribution in [2.75, 3.05) is 56.5 Å². The summed E-state index contributed by atoms with van der Waals surface area (Å²) in [6, 6.07) is 10.4. The molecule has 2 saturated heterocycles. The molecule has 43 heavy (non-hydrogen) atoms. The Bertz CT molecular complexity index is 1780. The number of halogens is 2. The molecule has 1 atom stereocenters. The van der Waals surface area contributed by atoms with E-state index >= 15 is 0 Å². The van der Waals surface area contributed by atoms with Crippen LogP contribution in [0, 0.1) is 11.6 Å². The topological polar surface area (TPSA) is 136 Å². The molecule has 0 bridgehead atoms. The standard InChI is InChI=1S/C30H33F2N7O3S/c1-38-9-11-39(12-10-38)26-7-5-23(30(33)40)28(35-17-20-3-2-8-34-20)27(26)29-24-16-21(4-6-25(24)36-37-29)43(41,42)22-14-18(31)13-19(32)15-22/h4-7,13-16,20,34-35H,2-3,8-12,17H2,1H3,(H2,33,40)(H,36,37). The number of likely N-dealkylation sites (N-methyl/N-ethyl adjacent to an activating group) is 1. The van der Waals surface area contributed by atoms with Crippen molar-refractivity contribution in [1.29, 1.82) is 0 Å². The van der Waals surface area contributed by atoms with E-state index in [0.717, 1.165) is 63.4 Å². The van der Waals surface area contributed by atoms with Crippen LogP contribution in [0.4, 0.5) is 20.2 Å². The first kappa shape index (κ1) is 29.0. The molecule has 2 fully saturated rings. The van der Waals surface area contributed by atoms with Crippen LogP contribution in [0.25, 0.3) is 22.2 Å². The van der Waals surface area contributed by atoms with Gasteiger partial charge in [-0.2, -0.15) is 5.10 Å². The molecule has 0 radical (unpaired) electrons. The van der Waals surface area contributed by atoms with Gasteiger partial charge in [-0.1, -0.05) is 0 Å². The number of H-pyrrole nitrogens is 1. The van der Waals surface area contributed by atoms with Crippen LogP contribution in [0.5, 0.6) is 0 Å². The van der Waals surface area contributed by atoms with E-state index in [2.05, 4.69) is 37.7 Å². The molecular formula is C30H33F2N7O3S. The van der Waals surface area contributed by atoms with Gasteiger partial charge in [0.1, 0.15) is 17.3 Å². The number of benzene rings is 3. The Hall–Kier alpha value is -4.07. The highest BCUT2D eigenvalue weighted by atomic mass is 32.2. The second-order valence-corrected chi connectivity index (χ2v) is 13.0. The van der Waals surface area contributed by atoms with Crippen LogP contribution in [0.15, 0.2) is 58.3 Å². The maximum absolute atomic E-state index is 14.0. The molecule has 10 nitrogen and oxygen atoms in total. The number of aromatic nitrogens is 2. The summed E-state index contributed by atoms with van der Waals surface area (Å²) in [5, 5.41) is 15.0. The van der Waals surface area contributed by atoms with E-state index < -0.39 is 32.3 Å². The maximum atomic E-state index is 14.0. The van der Waals surface area contributed by atoms with Gasteiger partial charge in [-0.3, -0.25) is 9.89 Å². The zero-order valence-electron chi connectivity index (χ0n) is 23.7. The van der Waals surface area contributed by atoms with Crippen LogP contribution in [0.3, 0.4) is 0 Å². The minimum atomic E-state index is -4.28. The van der Waals surface area contributed by atoms with Gasteiger partial charge in [-0.05, 0) is 68.9 Å². The third-order valence-corrected chi connectivity index (χ3v) is 9.94. The molecule has 0 spiro atoms. The third kappa shape index (κ3) is 5.67. The predicted molar refractivity (Wildman–Crippen MR) is 161 cm³/mol. The Morgan fingerprint density at radius 1 is 1.05 bits per heavy atom. The number of carbonyl (C=O) groups is 1. The fraction of sp³-hybridized carbons (Fsp3) is 0.333. The van der Waals surface area contributed by atoms with Gasteiger partial charge in [-0.25, -0.2) is 17.2 Å². The Morgan fingerprint density at radius 2 is 1.79 bits per heavy atom. The largest absolute Gasteiger partial charge is 0.382 e. The lowest BCUT2D eigenvalue weighted by molar-refractivity contribution is 0.100. The lowest BCUT2D eigenvalue weighted by Crippen LogP contribution is -2.44. The lowest BCUT2D eigenvalue weighted by atomic mass is 9.97. The van der Waals surface area contributed by atoms with Gasteiger partial charge in [-0.15, -0.1) is 0 Å². The number of anilines is 2. The highest BCUT2D eigenvalue weighted by Gasteiger charge is 2.28. The molecule has 5 N–H and O–H groups in total. The smallest absolute Gasteiger partial charge is 0.250 e. The minimum Gasteiger partial charge on any atom is -0.382 e. The Morgan fingerprint density at radius 3 is 2.47 bits per heavy atom. The summed E-state index contributed by atoms with van der Waals surface area (Å²) in [6.07, 6.45) is 2.04. The van der Waals surface area contributed by atoms with E-state index in [9.17, 15) is 22.0 Å². The van der Waals surface area contributed by atoms with E-state index in [4.69, 9.17) is 5.73 Å². The van der Waals surface area contributed by atoms with Crippen LogP contribution in [0.1, 0.15) is 23.2 Å². The van der Waals surface area contributed by atoms with Crippen molar-refractivity contribution in [2.45, 2.75) is 28.7 Å². The molecular weight excluding hydrogens is 576 g/mol. The van der Waals surface area contributed by atoms with Crippen LogP contribution >= 0.6 is 0 Å². The van der Waals surface area contributed by atoms with Crippen LogP contribution < -0.4 is 21.3 Å². The number of nitrogens with two attached hydrogens (primary N) is 1. The fourth-order valence-corrected chi connectivity index (χ4v) is 7.19. The van der Waals surface area contributed by atoms with Gasteiger partial charge in [0.2, 0.25) is 9.84 Å². The van der Waals surface area contributed by atoms with Gasteiger partial charge in [0.15, 0.2) is 0 Å². The van der Waals surface area contributed by atoms with E-state index in [1.807, 2.05) is 6.07 Å². The summed E-state index contributed by atoms with van der Waals surface area (Å²) < 4.78 is 54.9. The number of nitrogens with one attached hydrogen (secondary N) is 3. The first-order valence-electron chi connectivity index (χ1n) is 14.2. The van der Waals surface area contributed by atoms with Crippen molar-refractivity contribution in [3.05, 3.63) is 65.7 Å². The molecule has 1 unspecified atom stereocenters. The van der Waals surface area contributed by atoms with Gasteiger partial charge in [0.25, 0.3) is 5.91 Å². The summed E-state index contributed by atoms with van der Waals surface area (Å²) in [4.78, 5) is 16.5. The second kappa shape index (κ2) is 11.5. The molecule has 3 aromatic carbocycles. The summed E-state index contributed by atoms with van der Waals surface area (Å²) in [5.41, 5.74) is 9.11. The molecule has 3 heterocycles. The van der Waals surface area contributed by atoms with Gasteiger partial charge >= 0.3 is 0 Å². The number of sulfone groups is 1. The minimum absolute atomic E-state index is 0.149. The first-order valence-corrected chi connectivity index (χ1v) is 15.7. The van der Waals surface area contributed by atoms with Gasteiger partial charge < -0.3 is 26.2 Å². The van der Waals surface area contributed by atoms with Crippen molar-refractivity contribution >= 4 is 38.0 Å². The summed E-state index contributed by atoms with van der Waals surface area (Å²) in [6.45, 7) is 4.60. The average Bonchev–Trinajstić information content (AvgIpc) is 3.65. The summed E-state index contributed by atoms with van der Waals surface area (Å²) >= 11 is 0. The number of amides is 1. The highest BCUT2D eigenvalue weighted by molar-refractivity contribution is 7.91. The number of primary amides is 1. The monoisotopic (exact) mass is 609 g/mol. The fourth-order valence-electron chi connectivity index (χ4n) is 5.86. The van der Waals surface area contributed by atoms with E-state index in [1.165, 1.54) is 12.1 Å². The number of nitrogens with zero attached hydrogens (tertiary/aromatic N) is 3. The van der Waals surface area contributed by atoms with Gasteiger partial charge in [0.05, 0.1) is 32.1 Å². The first-order chi connectivity index (χ1) is 20.6. The molecule has 1 aromatic heterocycles. The van der Waals surface area contributed by atoms with Crippen molar-refractivity contribution in [3.8, 4) is 11.3 Å². The molecule has 6 rings (SSSR count). The Labute approximate surface area is 248 Å². The highest BCUT2D eigenvalue weighted by Crippen LogP contribution is 2.43. The molecule has 4 aromatic rings. The number of fused-ring (bicyclic) bond motifs is 1. The maximum Gasteiger partial charge on any atom is 0.250 e. The molecule has 226 valence electrons. The SMILES string of the molecule is CN1CCN(c2ccc(C(N)=O)c(NCC3CCCN3)c2-c2n[nH]c3ccc(S(=O)(=O)c4cc(F)cc(F)c4)cc23)CC1. The number of aromatic amines is 1. The predicted octanol–water partition coefficient (Wildman–Crippen LogP) is 3.36. The zero-order valence-corrected chi connectivity index (χ0v) is 24.5. The van der Waals surface area contributed by atoms with Crippen LogP contribution in [-0.2, 0) is 9.84 Å². The molecule has 0 aliphatic carbocycles. The Kier molecular flexibility index (Phi) is 7.79. The molecule has 0 saturated carbocycles. The van der Waals surface area contributed by atoms with Crippen molar-refractivity contribution in [3.63, 3.8) is 0 Å². The van der Waals surface area contributed by atoms with Crippen LogP contribution in [-0.4, -0.2) is 81.8 Å². The number of rotatable bonds is 8. The molecule has 2 aliphatic heterocycles. The van der Waals surface area contributed by atoms with E-state index in [1.54, 1.807) is 12.1 Å². The normalized spacial score (nSPS) is 17.9. The van der Waals surface area contributed by atoms with Gasteiger partial charge in [0, 0.05) is 55.9 Å². The third-order valence-electron chi connectivity index (χ3n) is 8.21. The number of piperazine rings is 1. The number of hydrogen-bond donors (Lipinski definition) is 4. The van der Waals surface area contributed by atoms with E-state index in [0.29, 0.717) is 46.0 Å². The molecule has 1 amide bonds. The van der Waals surface area contributed by atoms with Crippen molar-refractivity contribution in [1.82, 2.24) is 20.4 Å². The van der Waals surface area contributed by atoms with Crippen molar-refractivity contribution < 1.29 is 22.0 Å². The van der Waals surface area contributed by atoms with Crippen molar-refractivity contribution in [2.24, 2.45) is 5.73 Å². The lowest BCUT2D eigenvalue weighted by Gasteiger charge is -2.36. The second-order valence-electron chi connectivity index (χ2n) is 11.1. The number of hydrogen-bond acceptors (Lipinski definition) is 8. The zero-order chi connectivity index (χ0) is 30.3. The average molecular weight is 610 g/mol.